The van der Waals surface area contributed by atoms with Crippen LogP contribution in [0.1, 0.15) is 25.8 Å². The number of nitrogens with two attached hydrogens (primary N) is 1. The fourth-order valence-electron chi connectivity index (χ4n) is 1.48. The average molecular weight is 270 g/mol. The molecule has 5 nitrogen and oxygen atoms in total. The summed E-state index contributed by atoms with van der Waals surface area (Å²) in [7, 11) is -3.60. The summed E-state index contributed by atoms with van der Waals surface area (Å²) in [5, 5.41) is 0. The van der Waals surface area contributed by atoms with Crippen LogP contribution in [-0.4, -0.2) is 20.1 Å². The van der Waals surface area contributed by atoms with E-state index >= 15 is 0 Å². The molecule has 0 aliphatic carbocycles. The number of sulfonamides is 1. The van der Waals surface area contributed by atoms with Crippen LogP contribution in [0.3, 0.4) is 0 Å². The maximum atomic E-state index is 11.9. The van der Waals surface area contributed by atoms with Gasteiger partial charge in [-0.15, -0.1) is 0 Å². The highest BCUT2D eigenvalue weighted by Crippen LogP contribution is 2.17. The van der Waals surface area contributed by atoms with Gasteiger partial charge in [-0.25, -0.2) is 8.42 Å². The third kappa shape index (κ3) is 3.54. The molecule has 0 saturated carbocycles. The lowest BCUT2D eigenvalue weighted by Gasteiger charge is -2.23. The van der Waals surface area contributed by atoms with Crippen molar-refractivity contribution in [1.82, 2.24) is 4.72 Å². The summed E-state index contributed by atoms with van der Waals surface area (Å²) in [4.78, 5) is 11.9. The lowest BCUT2D eigenvalue weighted by Crippen LogP contribution is -2.51. The first-order valence-electron chi connectivity index (χ1n) is 5.69. The van der Waals surface area contributed by atoms with Gasteiger partial charge in [0.15, 0.2) is 0 Å². The van der Waals surface area contributed by atoms with Crippen LogP contribution in [0, 0.1) is 0 Å². The van der Waals surface area contributed by atoms with Gasteiger partial charge in [0, 0.05) is 0 Å². The monoisotopic (exact) mass is 270 g/mol. The van der Waals surface area contributed by atoms with Crippen LogP contribution in [0.5, 0.6) is 0 Å². The van der Waals surface area contributed by atoms with Crippen LogP contribution in [0.4, 0.5) is 0 Å². The molecule has 18 heavy (non-hydrogen) atoms. The molecule has 0 bridgehead atoms. The zero-order chi connectivity index (χ0) is 13.8. The first-order valence-corrected chi connectivity index (χ1v) is 7.34. The number of amides is 1. The van der Waals surface area contributed by atoms with Crippen molar-refractivity contribution in [2.24, 2.45) is 5.73 Å². The van der Waals surface area contributed by atoms with Crippen LogP contribution in [-0.2, 0) is 20.4 Å². The van der Waals surface area contributed by atoms with Crippen LogP contribution in [0.2, 0.25) is 0 Å². The predicted molar refractivity (Wildman–Crippen MR) is 70.2 cm³/mol. The van der Waals surface area contributed by atoms with Crippen LogP contribution >= 0.6 is 0 Å². The van der Waals surface area contributed by atoms with E-state index in [9.17, 15) is 13.2 Å². The normalized spacial score (nSPS) is 14.8. The van der Waals surface area contributed by atoms with E-state index in [-0.39, 0.29) is 5.75 Å². The molecule has 6 heteroatoms. The Morgan fingerprint density at radius 1 is 1.33 bits per heavy atom. The molecule has 1 unspecified atom stereocenters. The second-order valence-electron chi connectivity index (χ2n) is 4.32. The van der Waals surface area contributed by atoms with Crippen molar-refractivity contribution in [2.45, 2.75) is 25.8 Å². The van der Waals surface area contributed by atoms with E-state index in [4.69, 9.17) is 5.73 Å². The summed E-state index contributed by atoms with van der Waals surface area (Å²) in [6.07, 6.45) is 0.440. The van der Waals surface area contributed by atoms with E-state index in [1.807, 2.05) is 4.72 Å². The van der Waals surface area contributed by atoms with Gasteiger partial charge in [-0.3, -0.25) is 9.52 Å². The van der Waals surface area contributed by atoms with Crippen molar-refractivity contribution in [3.8, 4) is 0 Å². The third-order valence-corrected chi connectivity index (χ3v) is 4.01. The van der Waals surface area contributed by atoms with E-state index in [1.54, 1.807) is 37.3 Å². The van der Waals surface area contributed by atoms with Crippen molar-refractivity contribution in [3.63, 3.8) is 0 Å². The molecule has 1 aromatic carbocycles. The molecule has 1 atom stereocenters. The largest absolute Gasteiger partial charge is 0.314 e. The first-order chi connectivity index (χ1) is 8.29. The first kappa shape index (κ1) is 14.7. The Hall–Kier alpha value is -1.40. The fraction of sp³-hybridized carbons (Fsp3) is 0.417. The number of hydrogen-bond donors (Lipinski definition) is 2. The molecule has 0 spiro atoms. The minimum absolute atomic E-state index is 0.0936. The Balaban J connectivity index is 2.91. The predicted octanol–water partition coefficient (Wildman–Crippen LogP) is 0.717. The number of carbonyl (C=O) groups is 1. The van der Waals surface area contributed by atoms with Gasteiger partial charge in [0.1, 0.15) is 5.54 Å². The molecule has 3 N–H and O–H groups in total. The molecule has 0 radical (unpaired) electrons. The molecule has 0 aliphatic rings. The van der Waals surface area contributed by atoms with Gasteiger partial charge in [0.2, 0.25) is 10.0 Å². The number of hydrogen-bond acceptors (Lipinski definition) is 4. The van der Waals surface area contributed by atoms with Crippen LogP contribution in [0.15, 0.2) is 30.3 Å². The maximum Gasteiger partial charge on any atom is 0.257 e. The number of carbonyl (C=O) groups excluding carboxylic acids is 1. The van der Waals surface area contributed by atoms with Gasteiger partial charge < -0.3 is 5.73 Å². The van der Waals surface area contributed by atoms with Crippen molar-refractivity contribution in [1.29, 1.82) is 0 Å². The zero-order valence-electron chi connectivity index (χ0n) is 10.5. The molecule has 1 amide bonds. The molecule has 0 saturated heterocycles. The Morgan fingerprint density at radius 2 is 1.89 bits per heavy atom. The quantitative estimate of drug-likeness (QED) is 0.825. The Kier molecular flexibility index (Phi) is 4.48. The molecule has 100 valence electrons. The molecule has 1 aromatic rings. The number of nitrogens with one attached hydrogen (secondary N) is 1. The summed E-state index contributed by atoms with van der Waals surface area (Å²) in [5.74, 6) is -0.814. The lowest BCUT2D eigenvalue weighted by atomic mass is 9.93. The topological polar surface area (TPSA) is 89.3 Å². The van der Waals surface area contributed by atoms with Gasteiger partial charge >= 0.3 is 0 Å². The van der Waals surface area contributed by atoms with Gasteiger partial charge in [0.25, 0.3) is 5.91 Å². The minimum atomic E-state index is -3.60. The fourth-order valence-corrected chi connectivity index (χ4v) is 2.62. The molecule has 0 aromatic heterocycles. The van der Waals surface area contributed by atoms with Crippen molar-refractivity contribution in [2.75, 3.05) is 5.75 Å². The standard InChI is InChI=1S/C12H18N2O3S/c1-3-9-18(16,17)14-11(15)12(2,13)10-7-5-4-6-8-10/h4-8H,3,9,13H2,1-2H3,(H,14,15). The highest BCUT2D eigenvalue weighted by molar-refractivity contribution is 7.90. The highest BCUT2D eigenvalue weighted by atomic mass is 32.2. The minimum Gasteiger partial charge on any atom is -0.314 e. The number of rotatable bonds is 5. The van der Waals surface area contributed by atoms with Crippen molar-refractivity contribution in [3.05, 3.63) is 35.9 Å². The summed E-state index contributed by atoms with van der Waals surface area (Å²) >= 11 is 0. The Labute approximate surface area is 107 Å². The van der Waals surface area contributed by atoms with E-state index in [0.29, 0.717) is 12.0 Å². The highest BCUT2D eigenvalue weighted by Gasteiger charge is 2.32. The zero-order valence-corrected chi connectivity index (χ0v) is 11.3. The smallest absolute Gasteiger partial charge is 0.257 e. The van der Waals surface area contributed by atoms with Gasteiger partial charge in [0.05, 0.1) is 5.75 Å². The average Bonchev–Trinajstić information content (AvgIpc) is 2.29. The van der Waals surface area contributed by atoms with Crippen molar-refractivity contribution >= 4 is 15.9 Å². The van der Waals surface area contributed by atoms with Crippen molar-refractivity contribution < 1.29 is 13.2 Å². The van der Waals surface area contributed by atoms with Gasteiger partial charge in [-0.1, -0.05) is 37.3 Å². The SMILES string of the molecule is CCCS(=O)(=O)NC(=O)C(C)(N)c1ccccc1. The molecule has 0 aliphatic heterocycles. The van der Waals surface area contributed by atoms with Crippen LogP contribution in [0.25, 0.3) is 0 Å². The second-order valence-corrected chi connectivity index (χ2v) is 6.16. The molecule has 1 rings (SSSR count). The number of benzene rings is 1. The maximum absolute atomic E-state index is 11.9. The van der Waals surface area contributed by atoms with E-state index in [2.05, 4.69) is 0 Å². The van der Waals surface area contributed by atoms with Gasteiger partial charge in [-0.2, -0.15) is 0 Å². The molecular weight excluding hydrogens is 252 g/mol. The van der Waals surface area contributed by atoms with Crippen LogP contribution < -0.4 is 10.5 Å². The van der Waals surface area contributed by atoms with E-state index < -0.39 is 21.5 Å². The summed E-state index contributed by atoms with van der Waals surface area (Å²) in [6, 6.07) is 8.66. The summed E-state index contributed by atoms with van der Waals surface area (Å²) < 4.78 is 25.1. The van der Waals surface area contributed by atoms with Gasteiger partial charge in [-0.05, 0) is 18.9 Å². The molecule has 0 fully saturated rings. The Bertz CT molecular complexity index is 509. The lowest BCUT2D eigenvalue weighted by molar-refractivity contribution is -0.124. The van der Waals surface area contributed by atoms with E-state index in [1.165, 1.54) is 6.92 Å². The van der Waals surface area contributed by atoms with E-state index in [0.717, 1.165) is 0 Å². The molecule has 0 heterocycles. The molecular formula is C12H18N2O3S. The Morgan fingerprint density at radius 3 is 2.39 bits per heavy atom. The second kappa shape index (κ2) is 5.49. The third-order valence-electron chi connectivity index (χ3n) is 2.57. The summed E-state index contributed by atoms with van der Waals surface area (Å²) in [6.45, 7) is 3.21. The summed E-state index contributed by atoms with van der Waals surface area (Å²) in [5.41, 5.74) is 5.10.